The van der Waals surface area contributed by atoms with Crippen LogP contribution in [0.15, 0.2) is 45.1 Å². The molecule has 396 valence electrons. The first-order chi connectivity index (χ1) is 35.3. The van der Waals surface area contributed by atoms with Crippen molar-refractivity contribution < 1.29 is 52.4 Å². The van der Waals surface area contributed by atoms with Crippen LogP contribution in [0.2, 0.25) is 0 Å². The number of methoxy groups -OCH3 is 2. The Morgan fingerprint density at radius 1 is 0.703 bits per heavy atom. The zero-order chi connectivity index (χ0) is 53.7. The fourth-order valence-electron chi connectivity index (χ4n) is 6.53. The van der Waals surface area contributed by atoms with E-state index in [0.717, 1.165) is 0 Å². The van der Waals surface area contributed by atoms with Crippen molar-refractivity contribution in [3.8, 4) is 43.4 Å². The van der Waals surface area contributed by atoms with E-state index in [1.807, 2.05) is 25.3 Å². The average molecular weight is 1110 g/mol. The molecular formula is C48H58N10O11S5. The summed E-state index contributed by atoms with van der Waals surface area (Å²) < 4.78 is 31.7. The Morgan fingerprint density at radius 3 is 2.05 bits per heavy atom. The molecule has 74 heavy (non-hydrogen) atoms. The van der Waals surface area contributed by atoms with Gasteiger partial charge >= 0.3 is 12.1 Å². The summed E-state index contributed by atoms with van der Waals surface area (Å²) in [6, 6.07) is 2.03. The van der Waals surface area contributed by atoms with E-state index in [2.05, 4.69) is 36.2 Å². The molecule has 0 aliphatic carbocycles. The summed E-state index contributed by atoms with van der Waals surface area (Å²) in [4.78, 5) is 94.5. The molecular weight excluding hydrogens is 1050 g/mol. The van der Waals surface area contributed by atoms with Crippen LogP contribution in [-0.2, 0) is 33.2 Å². The minimum absolute atomic E-state index is 0.0476. The lowest BCUT2D eigenvalue weighted by molar-refractivity contribution is -0.132. The highest BCUT2D eigenvalue weighted by Gasteiger charge is 2.31. The number of hydrogen-bond acceptors (Lipinski definition) is 22. The molecule has 4 atom stereocenters. The van der Waals surface area contributed by atoms with Gasteiger partial charge in [0.1, 0.15) is 78.7 Å². The van der Waals surface area contributed by atoms with Crippen molar-refractivity contribution in [3.63, 3.8) is 0 Å². The maximum atomic E-state index is 13.7. The van der Waals surface area contributed by atoms with Gasteiger partial charge in [-0.15, -0.1) is 56.7 Å². The van der Waals surface area contributed by atoms with Crippen LogP contribution < -0.4 is 21.3 Å². The molecule has 4 N–H and O–H groups in total. The van der Waals surface area contributed by atoms with E-state index in [1.165, 1.54) is 70.9 Å². The zero-order valence-electron chi connectivity index (χ0n) is 42.5. The Balaban J connectivity index is 1.24. The number of nitrogens with zero attached hydrogens (tertiary/aromatic N) is 6. The largest absolute Gasteiger partial charge is 0.461 e. The number of esters is 1. The van der Waals surface area contributed by atoms with Gasteiger partial charge in [-0.2, -0.15) is 0 Å². The van der Waals surface area contributed by atoms with Crippen molar-refractivity contribution >= 4 is 92.2 Å². The predicted molar refractivity (Wildman–Crippen MR) is 284 cm³/mol. The van der Waals surface area contributed by atoms with Gasteiger partial charge in [-0.3, -0.25) is 14.4 Å². The summed E-state index contributed by atoms with van der Waals surface area (Å²) in [7, 11) is 2.95. The average Bonchev–Trinajstić information content (AvgIpc) is 4.23. The van der Waals surface area contributed by atoms with Crippen molar-refractivity contribution in [2.24, 2.45) is 5.92 Å². The highest BCUT2D eigenvalue weighted by molar-refractivity contribution is 7.15. The third-order valence-corrected chi connectivity index (χ3v) is 14.6. The summed E-state index contributed by atoms with van der Waals surface area (Å²) in [5, 5.41) is 22.3. The molecule has 0 radical (unpaired) electrons. The molecule has 0 aliphatic rings. The van der Waals surface area contributed by atoms with Gasteiger partial charge < -0.3 is 49.7 Å². The summed E-state index contributed by atoms with van der Waals surface area (Å²) in [6.07, 6.45) is 0.0256. The molecule has 0 saturated carbocycles. The van der Waals surface area contributed by atoms with Crippen molar-refractivity contribution in [1.29, 1.82) is 0 Å². The van der Waals surface area contributed by atoms with Crippen molar-refractivity contribution in [2.45, 2.75) is 92.2 Å². The maximum absolute atomic E-state index is 13.7. The SMILES string of the molecule is C/C=C(\NC(=O)c1csc([C@H](NC(=O)OC(C)(C)C)C(C)C)n1)c1nc(-c2nc(-c3nc(-c4nc(C(=O)N[C@H](C(=O)NC[C@H](C)OCOC)[C@@H](C)OCOC)cs4)cs3)ccc2-c2nc(C(=O)OCC)cs2)cs1. The molecule has 6 aromatic rings. The molecule has 26 heteroatoms. The molecule has 0 aliphatic heterocycles. The smallest absolute Gasteiger partial charge is 0.408 e. The molecule has 6 rings (SSSR count). The van der Waals surface area contributed by atoms with E-state index >= 15 is 0 Å². The van der Waals surface area contributed by atoms with E-state index in [9.17, 15) is 24.0 Å². The van der Waals surface area contributed by atoms with Gasteiger partial charge in [0.25, 0.3) is 11.8 Å². The predicted octanol–water partition coefficient (Wildman–Crippen LogP) is 8.45. The van der Waals surface area contributed by atoms with Crippen LogP contribution in [0.5, 0.6) is 0 Å². The van der Waals surface area contributed by atoms with E-state index in [1.54, 1.807) is 82.1 Å². The summed E-state index contributed by atoms with van der Waals surface area (Å²) in [6.45, 7) is 16.5. The lowest BCUT2D eigenvalue weighted by Crippen LogP contribution is -2.54. The van der Waals surface area contributed by atoms with Crippen molar-refractivity contribution in [1.82, 2.24) is 51.2 Å². The quantitative estimate of drug-likeness (QED) is 0.0327. The molecule has 0 unspecified atom stereocenters. The highest BCUT2D eigenvalue weighted by atomic mass is 32.1. The van der Waals surface area contributed by atoms with Crippen LogP contribution in [-0.4, -0.2) is 124 Å². The van der Waals surface area contributed by atoms with Crippen molar-refractivity contribution in [2.75, 3.05) is 41.0 Å². The molecule has 0 fully saturated rings. The van der Waals surface area contributed by atoms with E-state index < -0.39 is 53.6 Å². The third kappa shape index (κ3) is 15.3. The number of amides is 4. The second kappa shape index (κ2) is 26.5. The number of nitrogens with one attached hydrogen (secondary N) is 4. The van der Waals surface area contributed by atoms with Crippen LogP contribution in [0.3, 0.4) is 0 Å². The number of pyridine rings is 1. The van der Waals surface area contributed by atoms with Gasteiger partial charge in [0, 0.05) is 53.2 Å². The number of carbonyl (C=O) groups is 5. The second-order valence-electron chi connectivity index (χ2n) is 17.4. The number of rotatable bonds is 24. The van der Waals surface area contributed by atoms with Crippen LogP contribution in [0.4, 0.5) is 4.79 Å². The van der Waals surface area contributed by atoms with Gasteiger partial charge in [0.05, 0.1) is 36.2 Å². The Hall–Kier alpha value is -5.97. The van der Waals surface area contributed by atoms with Gasteiger partial charge in [-0.25, -0.2) is 39.5 Å². The Bertz CT molecular complexity index is 2920. The summed E-state index contributed by atoms with van der Waals surface area (Å²) in [5.41, 5.74) is 2.59. The third-order valence-electron chi connectivity index (χ3n) is 10.2. The monoisotopic (exact) mass is 1110 g/mol. The van der Waals surface area contributed by atoms with Crippen molar-refractivity contribution in [3.05, 3.63) is 72.2 Å². The van der Waals surface area contributed by atoms with Crippen LogP contribution in [0.25, 0.3) is 49.1 Å². The normalized spacial score (nSPS) is 13.5. The minimum Gasteiger partial charge on any atom is -0.461 e. The number of aromatic nitrogens is 6. The fourth-order valence-corrected chi connectivity index (χ4v) is 10.8. The van der Waals surface area contributed by atoms with Gasteiger partial charge in [0.15, 0.2) is 5.69 Å². The lowest BCUT2D eigenvalue weighted by atomic mass is 10.1. The van der Waals surface area contributed by atoms with E-state index in [-0.39, 0.29) is 55.8 Å². The van der Waals surface area contributed by atoms with Gasteiger partial charge in [-0.05, 0) is 66.5 Å². The van der Waals surface area contributed by atoms with E-state index in [0.29, 0.717) is 59.1 Å². The number of thiazole rings is 5. The zero-order valence-corrected chi connectivity index (χ0v) is 46.6. The van der Waals surface area contributed by atoms with Gasteiger partial charge in [-0.1, -0.05) is 19.9 Å². The Kier molecular flexibility index (Phi) is 20.5. The first-order valence-corrected chi connectivity index (χ1v) is 27.5. The Morgan fingerprint density at radius 2 is 1.35 bits per heavy atom. The topological polar surface area (TPSA) is 266 Å². The highest BCUT2D eigenvalue weighted by Crippen LogP contribution is 2.38. The second-order valence-corrected chi connectivity index (χ2v) is 21.7. The summed E-state index contributed by atoms with van der Waals surface area (Å²) >= 11 is 6.30. The van der Waals surface area contributed by atoms with Crippen LogP contribution >= 0.6 is 56.7 Å². The first kappa shape index (κ1) is 57.3. The molecule has 21 nitrogen and oxygen atoms in total. The number of allylic oxidation sites excluding steroid dienone is 1. The van der Waals surface area contributed by atoms with Crippen LogP contribution in [0, 0.1) is 5.92 Å². The number of hydrogen-bond donors (Lipinski definition) is 4. The molecule has 4 amide bonds. The van der Waals surface area contributed by atoms with Crippen LogP contribution in [0.1, 0.15) is 110 Å². The molecule has 0 saturated heterocycles. The first-order valence-electron chi connectivity index (χ1n) is 23.1. The molecule has 6 heterocycles. The molecule has 0 bridgehead atoms. The molecule has 6 aromatic heterocycles. The lowest BCUT2D eigenvalue weighted by Gasteiger charge is -2.25. The maximum Gasteiger partial charge on any atom is 0.408 e. The standard InChI is InChI=1S/C48H58N10O11S5/c1-12-28(51-38(59)31-19-74-45(54-31)35(24(3)4)58-47(63)69-48(7,8)9)42-52-30(17-71-42)37-27(41-56-34(21-70-41)46(62)66-13-2)14-15-29(50-37)43-55-33(20-73-43)44-53-32(18-72-44)39(60)57-36(26(6)68-23-65-11)40(61)49-16-25(5)67-22-64-10/h12,14-15,17-21,24-26,35-36H,13,16,22-23H2,1-11H3,(H,49,61)(H,51,59)(H,57,60)(H,58,63)/b28-12-/t25-,26+,35+,36-/m0/s1. The number of ether oxygens (including phenoxy) is 6. The molecule has 0 spiro atoms. The van der Waals surface area contributed by atoms with E-state index in [4.69, 9.17) is 43.4 Å². The number of alkyl carbamates (subject to hydrolysis) is 1. The number of carbonyl (C=O) groups excluding carboxylic acids is 5. The Labute approximate surface area is 447 Å². The summed E-state index contributed by atoms with van der Waals surface area (Å²) in [5.74, 6) is -2.16. The minimum atomic E-state index is -1.10. The van der Waals surface area contributed by atoms with Gasteiger partial charge in [0.2, 0.25) is 5.91 Å². The fraction of sp³-hybridized carbons (Fsp3) is 0.438. The molecule has 0 aromatic carbocycles.